The van der Waals surface area contributed by atoms with E-state index in [-0.39, 0.29) is 35.8 Å². The molecule has 206 valence electrons. The summed E-state index contributed by atoms with van der Waals surface area (Å²) < 4.78 is 4.37. The maximum absolute atomic E-state index is 10.3. The molecule has 0 unspecified atom stereocenters. The Kier molecular flexibility index (Phi) is 11.5. The Hall–Kier alpha value is -2.98. The van der Waals surface area contributed by atoms with E-state index in [4.69, 9.17) is 33.2 Å². The van der Waals surface area contributed by atoms with Crippen LogP contribution < -0.4 is 0 Å². The fourth-order valence-electron chi connectivity index (χ4n) is 4.21. The summed E-state index contributed by atoms with van der Waals surface area (Å²) in [5.41, 5.74) is 7.33. The van der Waals surface area contributed by atoms with Crippen LogP contribution in [-0.2, 0) is 26.0 Å². The van der Waals surface area contributed by atoms with Gasteiger partial charge in [-0.05, 0) is 42.5 Å². The zero-order valence-corrected chi connectivity index (χ0v) is 25.3. The van der Waals surface area contributed by atoms with Crippen molar-refractivity contribution in [2.45, 2.75) is 27.7 Å². The third-order valence-corrected chi connectivity index (χ3v) is 6.75. The van der Waals surface area contributed by atoms with E-state index in [1.54, 1.807) is 13.8 Å². The van der Waals surface area contributed by atoms with Gasteiger partial charge in [-0.1, -0.05) is 97.7 Å². The molecule has 4 aromatic carbocycles. The monoisotopic (exact) mass is 603 g/mol. The van der Waals surface area contributed by atoms with Crippen molar-refractivity contribution in [3.05, 3.63) is 113 Å². The maximum atomic E-state index is 10.3. The number of hydrogen-bond donors (Lipinski definition) is 0. The number of halogens is 2. The Morgan fingerprint density at radius 1 is 0.744 bits per heavy atom. The van der Waals surface area contributed by atoms with E-state index in [1.165, 1.54) is 7.11 Å². The minimum Gasteiger partial charge on any atom is -0.469 e. The molecule has 0 amide bonds. The van der Waals surface area contributed by atoms with Crippen LogP contribution in [-0.4, -0.2) is 24.5 Å². The van der Waals surface area contributed by atoms with E-state index >= 15 is 0 Å². The van der Waals surface area contributed by atoms with E-state index in [9.17, 15) is 4.79 Å². The van der Waals surface area contributed by atoms with Crippen LogP contribution in [0.5, 0.6) is 0 Å². The van der Waals surface area contributed by atoms with E-state index in [0.29, 0.717) is 10.0 Å². The molecule has 7 heteroatoms. The summed E-state index contributed by atoms with van der Waals surface area (Å²) >= 11 is 13.0. The van der Waals surface area contributed by atoms with Crippen molar-refractivity contribution in [1.82, 2.24) is 0 Å². The fourth-order valence-corrected chi connectivity index (χ4v) is 4.73. The number of rotatable bonds is 3. The third-order valence-electron chi connectivity index (χ3n) is 6.14. The quantitative estimate of drug-likeness (QED) is 0.133. The van der Waals surface area contributed by atoms with Gasteiger partial charge in [0.25, 0.3) is 0 Å². The molecule has 0 atom stereocenters. The molecule has 0 spiro atoms. The standard InChI is InChI=1S/C26H18Cl2N2.C5H10O2.CH3.Ni/c1-15-7-3-13-20(27)23(15)29-25-18-11-5-9-17-10-6-12-19(22(17)18)26(25)30-24-16(2)8-4-14-21(24)28;1-4(2)5(6)7-3;;/h3-14H,1-2H3;4H,1-3H3;1H3;/q;;-1;. The van der Waals surface area contributed by atoms with Crippen molar-refractivity contribution in [2.75, 3.05) is 7.11 Å². The number of hydrogen-bond acceptors (Lipinski definition) is 4. The second kappa shape index (κ2) is 13.9. The molecule has 0 bridgehead atoms. The van der Waals surface area contributed by atoms with Crippen molar-refractivity contribution in [3.63, 3.8) is 0 Å². The number of carbonyl (C=O) groups excluding carboxylic acids is 1. The third kappa shape index (κ3) is 6.79. The molecule has 0 aliphatic heterocycles. The van der Waals surface area contributed by atoms with Crippen molar-refractivity contribution in [2.24, 2.45) is 15.9 Å². The zero-order chi connectivity index (χ0) is 26.7. The first-order valence-corrected chi connectivity index (χ1v) is 12.8. The minimum atomic E-state index is -0.153. The average Bonchev–Trinajstić information content (AvgIpc) is 3.17. The van der Waals surface area contributed by atoms with E-state index < -0.39 is 0 Å². The molecule has 39 heavy (non-hydrogen) atoms. The second-order valence-electron chi connectivity index (χ2n) is 9.12. The van der Waals surface area contributed by atoms with Crippen molar-refractivity contribution in [1.29, 1.82) is 0 Å². The molecule has 0 fully saturated rings. The molecule has 0 radical (unpaired) electrons. The molecule has 4 nitrogen and oxygen atoms in total. The Labute approximate surface area is 251 Å². The van der Waals surface area contributed by atoms with Crippen LogP contribution in [0.2, 0.25) is 10.0 Å². The average molecular weight is 605 g/mol. The molecule has 0 heterocycles. The van der Waals surface area contributed by atoms with Gasteiger partial charge >= 0.3 is 5.97 Å². The molecule has 4 aromatic rings. The summed E-state index contributed by atoms with van der Waals surface area (Å²) in [5.74, 6) is -0.148. The summed E-state index contributed by atoms with van der Waals surface area (Å²) in [5, 5.41) is 3.57. The smallest absolute Gasteiger partial charge is 0.308 e. The Morgan fingerprint density at radius 3 is 1.49 bits per heavy atom. The van der Waals surface area contributed by atoms with Crippen molar-refractivity contribution in [3.8, 4) is 0 Å². The Morgan fingerprint density at radius 2 is 1.15 bits per heavy atom. The first kappa shape index (κ1) is 32.2. The number of aliphatic imine (C=N–C) groups is 2. The Balaban J connectivity index is 0.000000529. The second-order valence-corrected chi connectivity index (χ2v) is 9.93. The summed E-state index contributed by atoms with van der Waals surface area (Å²) in [6, 6.07) is 24.2. The van der Waals surface area contributed by atoms with E-state index in [0.717, 1.165) is 55.8 Å². The normalized spacial score (nSPS) is 13.5. The van der Waals surface area contributed by atoms with Crippen LogP contribution in [0.25, 0.3) is 10.8 Å². The van der Waals surface area contributed by atoms with Crippen LogP contribution in [0.4, 0.5) is 11.4 Å². The van der Waals surface area contributed by atoms with Gasteiger partial charge in [-0.25, -0.2) is 9.98 Å². The van der Waals surface area contributed by atoms with Crippen LogP contribution in [0.15, 0.2) is 82.8 Å². The topological polar surface area (TPSA) is 51.0 Å². The van der Waals surface area contributed by atoms with Gasteiger partial charge in [0.2, 0.25) is 0 Å². The van der Waals surface area contributed by atoms with Gasteiger partial charge in [0, 0.05) is 33.0 Å². The van der Waals surface area contributed by atoms with Gasteiger partial charge in [0.05, 0.1) is 45.9 Å². The molecule has 0 saturated heterocycles. The number of aryl methyl sites for hydroxylation is 2. The number of ether oxygens (including phenoxy) is 1. The summed E-state index contributed by atoms with van der Waals surface area (Å²) in [4.78, 5) is 20.4. The van der Waals surface area contributed by atoms with Gasteiger partial charge in [-0.15, -0.1) is 0 Å². The molecule has 0 aromatic heterocycles. The number of methoxy groups -OCH3 is 1. The van der Waals surface area contributed by atoms with Crippen LogP contribution in [0, 0.1) is 27.2 Å². The SMILES string of the molecule is COC(=O)C(C)C.Cc1cccc(Cl)c1N=C1C(=Nc2c(C)cccc2Cl)c2cccc3cccc1c23.[CH3-].[Ni]. The summed E-state index contributed by atoms with van der Waals surface area (Å²) in [6.07, 6.45) is 0. The molecule has 1 aliphatic carbocycles. The molecule has 0 saturated carbocycles. The van der Waals surface area contributed by atoms with Gasteiger partial charge in [-0.3, -0.25) is 4.79 Å². The fraction of sp³-hybridized carbons (Fsp3) is 0.188. The number of carbonyl (C=O) groups is 1. The molecular formula is C32H31Cl2N2NiO2-. The number of para-hydroxylation sites is 2. The molecule has 5 rings (SSSR count). The van der Waals surface area contributed by atoms with Gasteiger partial charge in [0.1, 0.15) is 0 Å². The minimum absolute atomic E-state index is 0. The van der Waals surface area contributed by atoms with Crippen molar-refractivity contribution >= 4 is 62.7 Å². The first-order chi connectivity index (χ1) is 17.7. The van der Waals surface area contributed by atoms with Crippen LogP contribution in [0.1, 0.15) is 36.1 Å². The number of esters is 1. The first-order valence-electron chi connectivity index (χ1n) is 12.0. The molecule has 1 aliphatic rings. The van der Waals surface area contributed by atoms with Gasteiger partial charge < -0.3 is 12.2 Å². The van der Waals surface area contributed by atoms with Crippen LogP contribution >= 0.6 is 23.2 Å². The van der Waals surface area contributed by atoms with Gasteiger partial charge in [0.15, 0.2) is 0 Å². The predicted molar refractivity (Wildman–Crippen MR) is 162 cm³/mol. The number of benzene rings is 4. The van der Waals surface area contributed by atoms with Gasteiger partial charge in [-0.2, -0.15) is 0 Å². The number of nitrogens with zero attached hydrogens (tertiary/aromatic N) is 2. The largest absolute Gasteiger partial charge is 0.469 e. The summed E-state index contributed by atoms with van der Waals surface area (Å²) in [6.45, 7) is 7.63. The summed E-state index contributed by atoms with van der Waals surface area (Å²) in [7, 11) is 1.39. The van der Waals surface area contributed by atoms with E-state index in [2.05, 4.69) is 41.1 Å². The predicted octanol–water partition coefficient (Wildman–Crippen LogP) is 9.28. The Bertz CT molecular complexity index is 1420. The van der Waals surface area contributed by atoms with Crippen molar-refractivity contribution < 1.29 is 26.0 Å². The van der Waals surface area contributed by atoms with Crippen LogP contribution in [0.3, 0.4) is 0 Å². The molecular weight excluding hydrogens is 574 g/mol. The zero-order valence-electron chi connectivity index (χ0n) is 22.8. The van der Waals surface area contributed by atoms with E-state index in [1.807, 2.05) is 50.2 Å². The molecule has 0 N–H and O–H groups in total. The maximum Gasteiger partial charge on any atom is 0.308 e.